The number of nitrogens with one attached hydrogen (secondary N) is 2. The number of piperidine rings is 1. The molecule has 1 fully saturated rings. The molecule has 1 rings (SSSR count). The molecule has 0 aromatic rings. The maximum absolute atomic E-state index is 11.9. The third-order valence-electron chi connectivity index (χ3n) is 4.69. The minimum absolute atomic E-state index is 0.314. The highest BCUT2D eigenvalue weighted by Crippen LogP contribution is 2.30. The monoisotopic (exact) mass is 299 g/mol. The highest BCUT2D eigenvalue weighted by molar-refractivity contribution is 5.79. The predicted molar refractivity (Wildman–Crippen MR) is 82.3 cm³/mol. The van der Waals surface area contributed by atoms with E-state index in [0.29, 0.717) is 6.54 Å². The van der Waals surface area contributed by atoms with Crippen LogP contribution in [0.1, 0.15) is 47.0 Å². The van der Waals surface area contributed by atoms with Crippen LogP contribution in [0.2, 0.25) is 0 Å². The molecule has 0 aromatic carbocycles. The van der Waals surface area contributed by atoms with Crippen LogP contribution in [0.3, 0.4) is 0 Å². The molecule has 0 saturated carbocycles. The van der Waals surface area contributed by atoms with Gasteiger partial charge in [-0.3, -0.25) is 4.79 Å². The van der Waals surface area contributed by atoms with E-state index in [4.69, 9.17) is 0 Å². The number of carboxylic acids is 1. The topological polar surface area (TPSA) is 81.7 Å². The summed E-state index contributed by atoms with van der Waals surface area (Å²) in [6.45, 7) is 10.3. The number of carbonyl (C=O) groups is 2. The standard InChI is InChI=1S/C15H29N3O3/c1-14(2,12(19)20)15(3,4)17-13(21)16-8-11-18-9-6-5-7-10-18/h5-11H2,1-4H3,(H,19,20)(H2,16,17,21). The zero-order valence-corrected chi connectivity index (χ0v) is 13.7. The fourth-order valence-corrected chi connectivity index (χ4v) is 2.26. The number of likely N-dealkylation sites (tertiary alicyclic amines) is 1. The Morgan fingerprint density at radius 1 is 1.10 bits per heavy atom. The van der Waals surface area contributed by atoms with E-state index in [1.807, 2.05) is 0 Å². The lowest BCUT2D eigenvalue weighted by molar-refractivity contribution is -0.150. The first-order valence-electron chi connectivity index (χ1n) is 7.68. The van der Waals surface area contributed by atoms with Gasteiger partial charge in [0.25, 0.3) is 0 Å². The third kappa shape index (κ3) is 4.88. The molecule has 1 saturated heterocycles. The second kappa shape index (κ2) is 7.11. The first kappa shape index (κ1) is 17.8. The molecule has 1 aliphatic heterocycles. The van der Waals surface area contributed by atoms with Crippen molar-refractivity contribution in [2.45, 2.75) is 52.5 Å². The Morgan fingerprint density at radius 2 is 1.67 bits per heavy atom. The van der Waals surface area contributed by atoms with Gasteiger partial charge in [-0.1, -0.05) is 6.42 Å². The van der Waals surface area contributed by atoms with Gasteiger partial charge in [-0.15, -0.1) is 0 Å². The number of aliphatic carboxylic acids is 1. The van der Waals surface area contributed by atoms with Crippen LogP contribution < -0.4 is 10.6 Å². The van der Waals surface area contributed by atoms with Crippen LogP contribution in [-0.4, -0.2) is 53.7 Å². The van der Waals surface area contributed by atoms with Crippen LogP contribution in [0.15, 0.2) is 0 Å². The van der Waals surface area contributed by atoms with Crippen molar-refractivity contribution >= 4 is 12.0 Å². The minimum atomic E-state index is -1.04. The number of hydrogen-bond acceptors (Lipinski definition) is 3. The third-order valence-corrected chi connectivity index (χ3v) is 4.69. The molecule has 6 nitrogen and oxygen atoms in total. The van der Waals surface area contributed by atoms with Crippen LogP contribution in [-0.2, 0) is 4.79 Å². The van der Waals surface area contributed by atoms with Gasteiger partial charge in [-0.05, 0) is 53.6 Å². The quantitative estimate of drug-likeness (QED) is 0.696. The van der Waals surface area contributed by atoms with Crippen molar-refractivity contribution in [2.75, 3.05) is 26.2 Å². The number of carbonyl (C=O) groups excluding carboxylic acids is 1. The zero-order valence-electron chi connectivity index (χ0n) is 13.7. The molecule has 1 heterocycles. The van der Waals surface area contributed by atoms with Crippen molar-refractivity contribution in [3.05, 3.63) is 0 Å². The summed E-state index contributed by atoms with van der Waals surface area (Å²) in [4.78, 5) is 25.6. The SMILES string of the molecule is CC(C)(NC(=O)NCCN1CCCCC1)C(C)(C)C(=O)O. The second-order valence-corrected chi connectivity index (χ2v) is 6.84. The Morgan fingerprint density at radius 3 is 2.19 bits per heavy atom. The van der Waals surface area contributed by atoms with Crippen molar-refractivity contribution in [3.63, 3.8) is 0 Å². The largest absolute Gasteiger partial charge is 0.481 e. The number of rotatable bonds is 6. The Balaban J connectivity index is 2.37. The van der Waals surface area contributed by atoms with E-state index < -0.39 is 16.9 Å². The number of urea groups is 1. The summed E-state index contributed by atoms with van der Waals surface area (Å²) in [6.07, 6.45) is 3.75. The van der Waals surface area contributed by atoms with Gasteiger partial charge in [0.05, 0.1) is 11.0 Å². The first-order valence-corrected chi connectivity index (χ1v) is 7.68. The van der Waals surface area contributed by atoms with E-state index in [1.54, 1.807) is 27.7 Å². The molecule has 6 heteroatoms. The van der Waals surface area contributed by atoms with Gasteiger partial charge in [-0.2, -0.15) is 0 Å². The average molecular weight is 299 g/mol. The van der Waals surface area contributed by atoms with Gasteiger partial charge < -0.3 is 20.6 Å². The molecule has 1 aliphatic rings. The fourth-order valence-electron chi connectivity index (χ4n) is 2.26. The molecular formula is C15H29N3O3. The molecule has 0 atom stereocenters. The van der Waals surface area contributed by atoms with Crippen molar-refractivity contribution in [2.24, 2.45) is 5.41 Å². The van der Waals surface area contributed by atoms with E-state index in [9.17, 15) is 14.7 Å². The summed E-state index contributed by atoms with van der Waals surface area (Å²) in [5.74, 6) is -0.930. The summed E-state index contributed by atoms with van der Waals surface area (Å²) in [5, 5.41) is 14.8. The van der Waals surface area contributed by atoms with Gasteiger partial charge >= 0.3 is 12.0 Å². The molecular weight excluding hydrogens is 270 g/mol. The molecule has 122 valence electrons. The molecule has 2 amide bonds. The lowest BCUT2D eigenvalue weighted by Crippen LogP contribution is -2.59. The summed E-state index contributed by atoms with van der Waals surface area (Å²) in [7, 11) is 0. The van der Waals surface area contributed by atoms with Gasteiger partial charge in [0.2, 0.25) is 0 Å². The number of hydrogen-bond donors (Lipinski definition) is 3. The minimum Gasteiger partial charge on any atom is -0.481 e. The molecule has 0 spiro atoms. The van der Waals surface area contributed by atoms with Gasteiger partial charge in [0.1, 0.15) is 0 Å². The van der Waals surface area contributed by atoms with E-state index in [1.165, 1.54) is 19.3 Å². The Kier molecular flexibility index (Phi) is 6.01. The average Bonchev–Trinajstić information content (AvgIpc) is 2.38. The van der Waals surface area contributed by atoms with Crippen molar-refractivity contribution in [1.82, 2.24) is 15.5 Å². The maximum Gasteiger partial charge on any atom is 0.315 e. The summed E-state index contributed by atoms with van der Waals surface area (Å²) in [6, 6.07) is -0.314. The number of nitrogens with zero attached hydrogens (tertiary/aromatic N) is 1. The van der Waals surface area contributed by atoms with Gasteiger partial charge in [-0.25, -0.2) is 4.79 Å². The normalized spacial score (nSPS) is 17.3. The van der Waals surface area contributed by atoms with E-state index in [0.717, 1.165) is 19.6 Å². The molecule has 0 aromatic heterocycles. The molecule has 3 N–H and O–H groups in total. The highest BCUT2D eigenvalue weighted by atomic mass is 16.4. The zero-order chi connectivity index (χ0) is 16.1. The summed E-state index contributed by atoms with van der Waals surface area (Å²) >= 11 is 0. The fraction of sp³-hybridized carbons (Fsp3) is 0.867. The van der Waals surface area contributed by atoms with Crippen molar-refractivity contribution in [1.29, 1.82) is 0 Å². The maximum atomic E-state index is 11.9. The number of carboxylic acid groups (broad SMARTS) is 1. The van der Waals surface area contributed by atoms with Crippen molar-refractivity contribution in [3.8, 4) is 0 Å². The lowest BCUT2D eigenvalue weighted by Gasteiger charge is -2.38. The Labute approximate surface area is 127 Å². The smallest absolute Gasteiger partial charge is 0.315 e. The second-order valence-electron chi connectivity index (χ2n) is 6.84. The van der Waals surface area contributed by atoms with E-state index >= 15 is 0 Å². The summed E-state index contributed by atoms with van der Waals surface area (Å²) in [5.41, 5.74) is -1.88. The van der Waals surface area contributed by atoms with E-state index in [2.05, 4.69) is 15.5 Å². The predicted octanol–water partition coefficient (Wildman–Crippen LogP) is 1.66. The lowest BCUT2D eigenvalue weighted by atomic mass is 9.74. The van der Waals surface area contributed by atoms with Crippen LogP contribution in [0, 0.1) is 5.41 Å². The molecule has 0 bridgehead atoms. The molecule has 0 unspecified atom stereocenters. The summed E-state index contributed by atoms with van der Waals surface area (Å²) < 4.78 is 0. The molecule has 0 radical (unpaired) electrons. The van der Waals surface area contributed by atoms with Crippen LogP contribution in [0.25, 0.3) is 0 Å². The number of amides is 2. The van der Waals surface area contributed by atoms with Crippen molar-refractivity contribution < 1.29 is 14.7 Å². The molecule has 0 aliphatic carbocycles. The van der Waals surface area contributed by atoms with Crippen LogP contribution in [0.4, 0.5) is 4.79 Å². The van der Waals surface area contributed by atoms with Crippen LogP contribution >= 0.6 is 0 Å². The highest BCUT2D eigenvalue weighted by Gasteiger charge is 2.44. The van der Waals surface area contributed by atoms with Crippen LogP contribution in [0.5, 0.6) is 0 Å². The first-order chi connectivity index (χ1) is 9.67. The van der Waals surface area contributed by atoms with Gasteiger partial charge in [0.15, 0.2) is 0 Å². The Hall–Kier alpha value is -1.30. The van der Waals surface area contributed by atoms with E-state index in [-0.39, 0.29) is 6.03 Å². The van der Waals surface area contributed by atoms with Gasteiger partial charge in [0, 0.05) is 13.1 Å². The Bertz CT molecular complexity index is 374. The molecule has 21 heavy (non-hydrogen) atoms.